The van der Waals surface area contributed by atoms with Crippen molar-refractivity contribution in [3.63, 3.8) is 0 Å². The standard InChI is InChI=1S/C14H20O4S/c1-7(15)5-6-10-8(2)11(14(18)19-4)13(17)9(3)12(10)16/h7,15-17H,5-6H2,1-4H3. The van der Waals surface area contributed by atoms with E-state index in [1.807, 2.05) is 0 Å². The molecule has 1 aromatic rings. The molecule has 0 fully saturated rings. The van der Waals surface area contributed by atoms with Crippen molar-refractivity contribution in [2.75, 3.05) is 6.26 Å². The predicted molar refractivity (Wildman–Crippen MR) is 77.1 cm³/mol. The third kappa shape index (κ3) is 3.22. The van der Waals surface area contributed by atoms with Crippen molar-refractivity contribution < 1.29 is 20.1 Å². The summed E-state index contributed by atoms with van der Waals surface area (Å²) in [4.78, 5) is 11.9. The highest BCUT2D eigenvalue weighted by molar-refractivity contribution is 8.13. The molecule has 0 saturated heterocycles. The van der Waals surface area contributed by atoms with Crippen LogP contribution in [0.5, 0.6) is 11.5 Å². The van der Waals surface area contributed by atoms with Crippen molar-refractivity contribution in [1.29, 1.82) is 0 Å². The molecule has 0 aromatic heterocycles. The fraction of sp³-hybridized carbons (Fsp3) is 0.500. The Balaban J connectivity index is 3.39. The second-order valence-corrected chi connectivity index (χ2v) is 5.46. The van der Waals surface area contributed by atoms with Crippen molar-refractivity contribution in [1.82, 2.24) is 0 Å². The molecule has 1 unspecified atom stereocenters. The second kappa shape index (κ2) is 6.30. The number of aliphatic hydroxyl groups excluding tert-OH is 1. The molecule has 0 radical (unpaired) electrons. The van der Waals surface area contributed by atoms with Crippen molar-refractivity contribution in [2.45, 2.75) is 39.7 Å². The maximum absolute atomic E-state index is 11.9. The summed E-state index contributed by atoms with van der Waals surface area (Å²) in [6.45, 7) is 4.96. The average Bonchev–Trinajstić information content (AvgIpc) is 2.35. The molecule has 0 saturated carbocycles. The Labute approximate surface area is 117 Å². The summed E-state index contributed by atoms with van der Waals surface area (Å²) in [5.41, 5.74) is 1.76. The summed E-state index contributed by atoms with van der Waals surface area (Å²) >= 11 is 1.02. The van der Waals surface area contributed by atoms with Gasteiger partial charge < -0.3 is 15.3 Å². The number of phenols is 2. The van der Waals surface area contributed by atoms with Crippen molar-refractivity contribution in [3.8, 4) is 11.5 Å². The SMILES string of the molecule is CSC(=O)c1c(C)c(CCC(C)O)c(O)c(C)c1O. The van der Waals surface area contributed by atoms with Gasteiger partial charge in [0.05, 0.1) is 11.7 Å². The van der Waals surface area contributed by atoms with Crippen LogP contribution in [0.2, 0.25) is 0 Å². The van der Waals surface area contributed by atoms with Gasteiger partial charge in [0.1, 0.15) is 11.5 Å². The van der Waals surface area contributed by atoms with Gasteiger partial charge in [0.15, 0.2) is 0 Å². The normalized spacial score (nSPS) is 12.5. The molecule has 4 nitrogen and oxygen atoms in total. The predicted octanol–water partition coefficient (Wildman–Crippen LogP) is 2.53. The first kappa shape index (κ1) is 15.9. The lowest BCUT2D eigenvalue weighted by molar-refractivity contribution is 0.108. The number of hydrogen-bond acceptors (Lipinski definition) is 5. The molecule has 0 aliphatic heterocycles. The lowest BCUT2D eigenvalue weighted by atomic mass is 9.93. The van der Waals surface area contributed by atoms with Crippen LogP contribution in [0.3, 0.4) is 0 Å². The molecule has 3 N–H and O–H groups in total. The van der Waals surface area contributed by atoms with E-state index >= 15 is 0 Å². The van der Waals surface area contributed by atoms with E-state index in [1.54, 1.807) is 27.0 Å². The lowest BCUT2D eigenvalue weighted by Gasteiger charge is -2.17. The van der Waals surface area contributed by atoms with Gasteiger partial charge in [-0.15, -0.1) is 0 Å². The van der Waals surface area contributed by atoms with Crippen molar-refractivity contribution >= 4 is 16.9 Å². The van der Waals surface area contributed by atoms with Gasteiger partial charge in [0.2, 0.25) is 5.12 Å². The van der Waals surface area contributed by atoms with Crippen LogP contribution < -0.4 is 0 Å². The summed E-state index contributed by atoms with van der Waals surface area (Å²) in [6.07, 6.45) is 2.13. The van der Waals surface area contributed by atoms with Gasteiger partial charge in [-0.1, -0.05) is 11.8 Å². The van der Waals surface area contributed by atoms with Gasteiger partial charge in [0, 0.05) is 5.56 Å². The Bertz CT molecular complexity index is 495. The largest absolute Gasteiger partial charge is 0.507 e. The molecule has 0 heterocycles. The molecule has 106 valence electrons. The number of benzene rings is 1. The minimum atomic E-state index is -0.479. The van der Waals surface area contributed by atoms with Crippen LogP contribution in [0, 0.1) is 13.8 Å². The highest BCUT2D eigenvalue weighted by Crippen LogP contribution is 2.39. The summed E-state index contributed by atoms with van der Waals surface area (Å²) in [6, 6.07) is 0. The lowest BCUT2D eigenvalue weighted by Crippen LogP contribution is -2.07. The molecule has 5 heteroatoms. The molecule has 0 bridgehead atoms. The molecular weight excluding hydrogens is 264 g/mol. The zero-order valence-corrected chi connectivity index (χ0v) is 12.5. The maximum atomic E-state index is 11.9. The number of carbonyl (C=O) groups excluding carboxylic acids is 1. The topological polar surface area (TPSA) is 77.8 Å². The van der Waals surface area contributed by atoms with Crippen LogP contribution in [0.25, 0.3) is 0 Å². The monoisotopic (exact) mass is 284 g/mol. The second-order valence-electron chi connectivity index (χ2n) is 4.68. The Morgan fingerprint density at radius 3 is 2.26 bits per heavy atom. The third-order valence-corrected chi connectivity index (χ3v) is 3.84. The van der Waals surface area contributed by atoms with E-state index in [0.29, 0.717) is 29.5 Å². The summed E-state index contributed by atoms with van der Waals surface area (Å²) in [5, 5.41) is 29.2. The first-order valence-electron chi connectivity index (χ1n) is 6.11. The smallest absolute Gasteiger partial charge is 0.223 e. The van der Waals surface area contributed by atoms with Crippen molar-refractivity contribution in [3.05, 3.63) is 22.3 Å². The van der Waals surface area contributed by atoms with E-state index in [-0.39, 0.29) is 22.2 Å². The fourth-order valence-electron chi connectivity index (χ4n) is 2.04. The quantitative estimate of drug-likeness (QED) is 0.792. The highest BCUT2D eigenvalue weighted by atomic mass is 32.2. The molecule has 1 atom stereocenters. The Kier molecular flexibility index (Phi) is 5.26. The van der Waals surface area contributed by atoms with Gasteiger partial charge in [-0.05, 0) is 51.0 Å². The van der Waals surface area contributed by atoms with Crippen LogP contribution in [0.15, 0.2) is 0 Å². The summed E-state index contributed by atoms with van der Waals surface area (Å²) in [7, 11) is 0. The zero-order chi connectivity index (χ0) is 14.7. The number of aliphatic hydroxyl groups is 1. The van der Waals surface area contributed by atoms with Gasteiger partial charge in [-0.2, -0.15) is 0 Å². The number of aromatic hydroxyl groups is 2. The van der Waals surface area contributed by atoms with E-state index < -0.39 is 6.10 Å². The Morgan fingerprint density at radius 2 is 1.79 bits per heavy atom. The van der Waals surface area contributed by atoms with Crippen molar-refractivity contribution in [2.24, 2.45) is 0 Å². The first-order chi connectivity index (χ1) is 8.81. The van der Waals surface area contributed by atoms with Gasteiger partial charge in [-0.3, -0.25) is 4.79 Å². The fourth-order valence-corrected chi connectivity index (χ4v) is 2.50. The van der Waals surface area contributed by atoms with Crippen LogP contribution >= 0.6 is 11.8 Å². The van der Waals surface area contributed by atoms with E-state index in [4.69, 9.17) is 0 Å². The number of carbonyl (C=O) groups is 1. The van der Waals surface area contributed by atoms with Gasteiger partial charge in [-0.25, -0.2) is 0 Å². The van der Waals surface area contributed by atoms with E-state index in [0.717, 1.165) is 11.8 Å². The third-order valence-electron chi connectivity index (χ3n) is 3.26. The molecule has 0 amide bonds. The number of rotatable bonds is 4. The van der Waals surface area contributed by atoms with Gasteiger partial charge >= 0.3 is 0 Å². The Hall–Kier alpha value is -1.20. The highest BCUT2D eigenvalue weighted by Gasteiger charge is 2.22. The molecular formula is C14H20O4S. The molecule has 0 spiro atoms. The minimum Gasteiger partial charge on any atom is -0.507 e. The number of hydrogen-bond donors (Lipinski definition) is 3. The number of phenolic OH excluding ortho intramolecular Hbond substituents is 2. The van der Waals surface area contributed by atoms with Crippen LogP contribution in [-0.2, 0) is 6.42 Å². The average molecular weight is 284 g/mol. The zero-order valence-electron chi connectivity index (χ0n) is 11.6. The van der Waals surface area contributed by atoms with E-state index in [9.17, 15) is 20.1 Å². The van der Waals surface area contributed by atoms with Crippen LogP contribution in [-0.4, -0.2) is 32.8 Å². The van der Waals surface area contributed by atoms with Crippen LogP contribution in [0.4, 0.5) is 0 Å². The molecule has 19 heavy (non-hydrogen) atoms. The van der Waals surface area contributed by atoms with E-state index in [1.165, 1.54) is 0 Å². The van der Waals surface area contributed by atoms with Gasteiger partial charge in [0.25, 0.3) is 0 Å². The summed E-state index contributed by atoms with van der Waals surface area (Å²) in [5.74, 6) is -0.150. The van der Waals surface area contributed by atoms with Crippen LogP contribution in [0.1, 0.15) is 40.4 Å². The molecule has 0 aliphatic rings. The Morgan fingerprint density at radius 1 is 1.21 bits per heavy atom. The summed E-state index contributed by atoms with van der Waals surface area (Å²) < 4.78 is 0. The maximum Gasteiger partial charge on any atom is 0.223 e. The molecule has 1 aromatic carbocycles. The molecule has 0 aliphatic carbocycles. The number of thioether (sulfide) groups is 1. The minimum absolute atomic E-state index is 0.00769. The first-order valence-corrected chi connectivity index (χ1v) is 7.34. The molecule has 1 rings (SSSR count). The van der Waals surface area contributed by atoms with E-state index in [2.05, 4.69) is 0 Å².